The molecule has 0 aromatic carbocycles. The van der Waals surface area contributed by atoms with Crippen molar-refractivity contribution in [3.05, 3.63) is 6.20 Å². The van der Waals surface area contributed by atoms with E-state index in [2.05, 4.69) is 30.4 Å². The van der Waals surface area contributed by atoms with Gasteiger partial charge in [0.05, 0.1) is 17.5 Å². The average Bonchev–Trinajstić information content (AvgIpc) is 2.92. The molecule has 124 valence electrons. The standard InChI is InChI=1S/C15H23N7O/c1-15(2,3)20-13(23)9-5-4-6-22(8-9)12-10-7-17-21-11(10)18-14(16)19-12/h7,9H,4-6,8H2,1-3H3,(H,20,23)(H3,16,17,18,19,21). The van der Waals surface area contributed by atoms with E-state index in [4.69, 9.17) is 5.73 Å². The number of fused-ring (bicyclic) bond motifs is 1. The number of rotatable bonds is 2. The summed E-state index contributed by atoms with van der Waals surface area (Å²) < 4.78 is 0. The van der Waals surface area contributed by atoms with Crippen LogP contribution < -0.4 is 16.0 Å². The summed E-state index contributed by atoms with van der Waals surface area (Å²) in [6, 6.07) is 0. The van der Waals surface area contributed by atoms with Gasteiger partial charge in [0.25, 0.3) is 0 Å². The number of anilines is 2. The van der Waals surface area contributed by atoms with Crippen LogP contribution in [0.15, 0.2) is 6.20 Å². The van der Waals surface area contributed by atoms with Gasteiger partial charge in [-0.25, -0.2) is 0 Å². The van der Waals surface area contributed by atoms with Gasteiger partial charge in [0.2, 0.25) is 11.9 Å². The number of carbonyl (C=O) groups excluding carboxylic acids is 1. The van der Waals surface area contributed by atoms with Gasteiger partial charge in [-0.05, 0) is 33.6 Å². The van der Waals surface area contributed by atoms with Crippen LogP contribution in [0.2, 0.25) is 0 Å². The van der Waals surface area contributed by atoms with Crippen molar-refractivity contribution in [3.8, 4) is 0 Å². The van der Waals surface area contributed by atoms with Gasteiger partial charge in [-0.3, -0.25) is 9.89 Å². The highest BCUT2D eigenvalue weighted by atomic mass is 16.2. The third-order valence-corrected chi connectivity index (χ3v) is 3.90. The van der Waals surface area contributed by atoms with E-state index < -0.39 is 0 Å². The zero-order chi connectivity index (χ0) is 16.6. The van der Waals surface area contributed by atoms with Crippen LogP contribution in [0, 0.1) is 5.92 Å². The minimum absolute atomic E-state index is 0.0545. The van der Waals surface area contributed by atoms with Gasteiger partial charge in [-0.2, -0.15) is 15.1 Å². The SMILES string of the molecule is CC(C)(C)NC(=O)C1CCCN(c2nc(N)nc3[nH]ncc23)C1. The number of nitrogens with two attached hydrogens (primary N) is 1. The Morgan fingerprint density at radius 1 is 1.43 bits per heavy atom. The van der Waals surface area contributed by atoms with E-state index in [1.807, 2.05) is 20.8 Å². The Balaban J connectivity index is 1.83. The van der Waals surface area contributed by atoms with Crippen molar-refractivity contribution in [2.45, 2.75) is 39.2 Å². The van der Waals surface area contributed by atoms with Gasteiger partial charge in [0.15, 0.2) is 5.65 Å². The van der Waals surface area contributed by atoms with Gasteiger partial charge in [0, 0.05) is 18.6 Å². The first-order valence-electron chi connectivity index (χ1n) is 7.87. The summed E-state index contributed by atoms with van der Waals surface area (Å²) in [6.07, 6.45) is 3.52. The summed E-state index contributed by atoms with van der Waals surface area (Å²) in [5.41, 5.74) is 6.19. The van der Waals surface area contributed by atoms with Gasteiger partial charge in [-0.1, -0.05) is 0 Å². The second-order valence-corrected chi connectivity index (χ2v) is 7.06. The van der Waals surface area contributed by atoms with Crippen LogP contribution in [0.4, 0.5) is 11.8 Å². The van der Waals surface area contributed by atoms with Crippen LogP contribution in [-0.4, -0.2) is 44.7 Å². The topological polar surface area (TPSA) is 113 Å². The Morgan fingerprint density at radius 3 is 2.96 bits per heavy atom. The Hall–Kier alpha value is -2.38. The molecule has 1 aliphatic rings. The van der Waals surface area contributed by atoms with Gasteiger partial charge >= 0.3 is 0 Å². The van der Waals surface area contributed by atoms with Crippen molar-refractivity contribution in [1.82, 2.24) is 25.5 Å². The van der Waals surface area contributed by atoms with E-state index in [1.165, 1.54) is 0 Å². The lowest BCUT2D eigenvalue weighted by molar-refractivity contribution is -0.126. The Kier molecular flexibility index (Phi) is 3.83. The second-order valence-electron chi connectivity index (χ2n) is 7.06. The van der Waals surface area contributed by atoms with Crippen LogP contribution in [-0.2, 0) is 4.79 Å². The quantitative estimate of drug-likeness (QED) is 0.763. The number of amides is 1. The highest BCUT2D eigenvalue weighted by molar-refractivity contribution is 5.88. The lowest BCUT2D eigenvalue weighted by atomic mass is 9.95. The summed E-state index contributed by atoms with van der Waals surface area (Å²) in [4.78, 5) is 23.1. The van der Waals surface area contributed by atoms with Crippen LogP contribution in [0.3, 0.4) is 0 Å². The van der Waals surface area contributed by atoms with Crippen molar-refractivity contribution >= 4 is 28.7 Å². The molecule has 0 bridgehead atoms. The predicted molar refractivity (Wildman–Crippen MR) is 88.9 cm³/mol. The van der Waals surface area contributed by atoms with Crippen LogP contribution in [0.1, 0.15) is 33.6 Å². The molecular weight excluding hydrogens is 294 g/mol. The van der Waals surface area contributed by atoms with E-state index in [0.29, 0.717) is 12.2 Å². The van der Waals surface area contributed by atoms with E-state index in [0.717, 1.165) is 30.6 Å². The molecule has 0 aliphatic carbocycles. The molecule has 3 rings (SSSR count). The van der Waals surface area contributed by atoms with Crippen molar-refractivity contribution in [2.24, 2.45) is 5.92 Å². The second kappa shape index (κ2) is 5.68. The third-order valence-electron chi connectivity index (χ3n) is 3.90. The Morgan fingerprint density at radius 2 is 2.22 bits per heavy atom. The number of hydrogen-bond acceptors (Lipinski definition) is 6. The maximum Gasteiger partial charge on any atom is 0.225 e. The van der Waals surface area contributed by atoms with Crippen LogP contribution in [0.5, 0.6) is 0 Å². The largest absolute Gasteiger partial charge is 0.368 e. The van der Waals surface area contributed by atoms with E-state index in [1.54, 1.807) is 6.20 Å². The number of aromatic amines is 1. The van der Waals surface area contributed by atoms with Crippen molar-refractivity contribution in [3.63, 3.8) is 0 Å². The predicted octanol–water partition coefficient (Wildman–Crippen LogP) is 1.07. The number of carbonyl (C=O) groups is 1. The number of hydrogen-bond donors (Lipinski definition) is 3. The van der Waals surface area contributed by atoms with Crippen LogP contribution >= 0.6 is 0 Å². The molecular formula is C15H23N7O. The smallest absolute Gasteiger partial charge is 0.225 e. The van der Waals surface area contributed by atoms with Crippen molar-refractivity contribution in [1.29, 1.82) is 0 Å². The maximum absolute atomic E-state index is 12.5. The van der Waals surface area contributed by atoms with Crippen molar-refractivity contribution in [2.75, 3.05) is 23.7 Å². The molecule has 1 atom stereocenters. The lowest BCUT2D eigenvalue weighted by Crippen LogP contribution is -2.48. The molecule has 1 amide bonds. The fourth-order valence-electron chi connectivity index (χ4n) is 2.93. The fourth-order valence-corrected chi connectivity index (χ4v) is 2.93. The minimum Gasteiger partial charge on any atom is -0.368 e. The first kappa shape index (κ1) is 15.5. The molecule has 3 heterocycles. The third kappa shape index (κ3) is 3.35. The highest BCUT2D eigenvalue weighted by Crippen LogP contribution is 2.28. The zero-order valence-corrected chi connectivity index (χ0v) is 13.8. The highest BCUT2D eigenvalue weighted by Gasteiger charge is 2.29. The molecule has 8 nitrogen and oxygen atoms in total. The summed E-state index contributed by atoms with van der Waals surface area (Å²) in [5, 5.41) is 10.7. The molecule has 0 radical (unpaired) electrons. The Bertz CT molecular complexity index is 718. The first-order chi connectivity index (χ1) is 10.8. The molecule has 2 aromatic rings. The first-order valence-corrected chi connectivity index (χ1v) is 7.87. The molecule has 0 spiro atoms. The molecule has 1 aliphatic heterocycles. The van der Waals surface area contributed by atoms with Gasteiger partial charge in [-0.15, -0.1) is 0 Å². The van der Waals surface area contributed by atoms with Gasteiger partial charge in [0.1, 0.15) is 5.82 Å². The average molecular weight is 317 g/mol. The molecule has 4 N–H and O–H groups in total. The van der Waals surface area contributed by atoms with Crippen LogP contribution in [0.25, 0.3) is 11.0 Å². The zero-order valence-electron chi connectivity index (χ0n) is 13.8. The summed E-state index contributed by atoms with van der Waals surface area (Å²) >= 11 is 0. The molecule has 1 unspecified atom stereocenters. The summed E-state index contributed by atoms with van der Waals surface area (Å²) in [6.45, 7) is 7.44. The van der Waals surface area contributed by atoms with Gasteiger partial charge < -0.3 is 16.0 Å². The molecule has 0 saturated carbocycles. The summed E-state index contributed by atoms with van der Waals surface area (Å²) in [5.74, 6) is 0.987. The minimum atomic E-state index is -0.226. The maximum atomic E-state index is 12.5. The number of H-pyrrole nitrogens is 1. The number of aromatic nitrogens is 4. The monoisotopic (exact) mass is 317 g/mol. The van der Waals surface area contributed by atoms with E-state index >= 15 is 0 Å². The number of nitrogens with one attached hydrogen (secondary N) is 2. The number of nitrogens with zero attached hydrogens (tertiary/aromatic N) is 4. The number of nitrogen functional groups attached to an aromatic ring is 1. The fraction of sp³-hybridized carbons (Fsp3) is 0.600. The molecule has 2 aromatic heterocycles. The van der Waals surface area contributed by atoms with E-state index in [-0.39, 0.29) is 23.3 Å². The molecule has 1 fully saturated rings. The van der Waals surface area contributed by atoms with Crippen molar-refractivity contribution < 1.29 is 4.79 Å². The molecule has 1 saturated heterocycles. The Labute approximate surface area is 134 Å². The normalized spacial score (nSPS) is 19.1. The lowest BCUT2D eigenvalue weighted by Gasteiger charge is -2.34. The summed E-state index contributed by atoms with van der Waals surface area (Å²) in [7, 11) is 0. The van der Waals surface area contributed by atoms with E-state index in [9.17, 15) is 4.79 Å². The molecule has 23 heavy (non-hydrogen) atoms. The number of piperidine rings is 1. The molecule has 8 heteroatoms.